The molecule has 6 nitrogen and oxygen atoms in total. The highest BCUT2D eigenvalue weighted by Crippen LogP contribution is 2.25. The van der Waals surface area contributed by atoms with Crippen molar-refractivity contribution in [2.45, 2.75) is 75.7 Å². The lowest BCUT2D eigenvalue weighted by Crippen LogP contribution is -2.31. The van der Waals surface area contributed by atoms with Crippen LogP contribution in [0.5, 0.6) is 0 Å². The average molecular weight is 437 g/mol. The zero-order valence-corrected chi connectivity index (χ0v) is 18.4. The van der Waals surface area contributed by atoms with Gasteiger partial charge in [-0.15, -0.1) is 0 Å². The maximum absolute atomic E-state index is 12.4. The first kappa shape index (κ1) is 22.5. The summed E-state index contributed by atoms with van der Waals surface area (Å²) in [5.41, 5.74) is 14.8. The van der Waals surface area contributed by atoms with Gasteiger partial charge in [-0.1, -0.05) is 24.3 Å². The lowest BCUT2D eigenvalue weighted by molar-refractivity contribution is 0.0188. The second kappa shape index (κ2) is 10.3. The Morgan fingerprint density at radius 3 is 1.19 bits per heavy atom. The molecule has 32 heavy (non-hydrogen) atoms. The van der Waals surface area contributed by atoms with Crippen LogP contribution < -0.4 is 11.5 Å². The Balaban J connectivity index is 1.32. The Kier molecular flexibility index (Phi) is 7.22. The van der Waals surface area contributed by atoms with Gasteiger partial charge in [0.1, 0.15) is 12.2 Å². The summed E-state index contributed by atoms with van der Waals surface area (Å²) in [5, 5.41) is 0. The van der Waals surface area contributed by atoms with Crippen LogP contribution in [-0.2, 0) is 9.47 Å². The first-order valence-electron chi connectivity index (χ1n) is 11.6. The Morgan fingerprint density at radius 2 is 0.875 bits per heavy atom. The number of benzene rings is 2. The fourth-order valence-electron chi connectivity index (χ4n) is 4.45. The summed E-state index contributed by atoms with van der Waals surface area (Å²) in [4.78, 5) is 24.9. The second-order valence-corrected chi connectivity index (χ2v) is 9.04. The molecule has 4 N–H and O–H groups in total. The normalized spacial score (nSPS) is 25.7. The number of esters is 2. The van der Waals surface area contributed by atoms with Crippen molar-refractivity contribution in [3.05, 3.63) is 59.7 Å². The van der Waals surface area contributed by atoms with Crippen LogP contribution in [0.2, 0.25) is 0 Å². The van der Waals surface area contributed by atoms with Crippen LogP contribution in [0.1, 0.15) is 72.1 Å². The number of hydrogen-bond acceptors (Lipinski definition) is 6. The smallest absolute Gasteiger partial charge is 0.338 e. The topological polar surface area (TPSA) is 105 Å². The third kappa shape index (κ3) is 5.75. The highest BCUT2D eigenvalue weighted by Gasteiger charge is 2.23. The number of nitrogens with two attached hydrogens (primary N) is 2. The van der Waals surface area contributed by atoms with E-state index in [1.54, 1.807) is 24.3 Å². The molecule has 4 rings (SSSR count). The van der Waals surface area contributed by atoms with Gasteiger partial charge in [0.05, 0.1) is 11.1 Å². The molecule has 0 aliphatic heterocycles. The molecule has 0 spiro atoms. The van der Waals surface area contributed by atoms with Crippen LogP contribution in [0.4, 0.5) is 0 Å². The predicted octanol–water partition coefficient (Wildman–Crippen LogP) is 4.21. The minimum atomic E-state index is -0.293. The van der Waals surface area contributed by atoms with Crippen LogP contribution in [0, 0.1) is 0 Å². The summed E-state index contributed by atoms with van der Waals surface area (Å²) in [6.45, 7) is 0. The van der Waals surface area contributed by atoms with Gasteiger partial charge in [-0.2, -0.15) is 0 Å². The molecule has 6 heteroatoms. The van der Waals surface area contributed by atoms with E-state index in [0.717, 1.165) is 62.5 Å². The number of ether oxygens (including phenoxy) is 2. The van der Waals surface area contributed by atoms with Gasteiger partial charge >= 0.3 is 11.9 Å². The molecule has 0 amide bonds. The molecule has 0 bridgehead atoms. The second-order valence-electron chi connectivity index (χ2n) is 9.04. The van der Waals surface area contributed by atoms with E-state index in [2.05, 4.69) is 0 Å². The minimum Gasteiger partial charge on any atom is -0.459 e. The van der Waals surface area contributed by atoms with Crippen LogP contribution in [-0.4, -0.2) is 36.2 Å². The average Bonchev–Trinajstić information content (AvgIpc) is 2.82. The first-order chi connectivity index (χ1) is 15.5. The van der Waals surface area contributed by atoms with Gasteiger partial charge in [-0.05, 0) is 86.8 Å². The predicted molar refractivity (Wildman–Crippen MR) is 123 cm³/mol. The molecule has 2 aliphatic rings. The highest BCUT2D eigenvalue weighted by molar-refractivity contribution is 5.91. The van der Waals surface area contributed by atoms with E-state index in [4.69, 9.17) is 20.9 Å². The van der Waals surface area contributed by atoms with Crippen LogP contribution in [0.15, 0.2) is 48.5 Å². The summed E-state index contributed by atoms with van der Waals surface area (Å²) < 4.78 is 11.3. The summed E-state index contributed by atoms with van der Waals surface area (Å²) in [7, 11) is 0. The zero-order valence-electron chi connectivity index (χ0n) is 18.4. The van der Waals surface area contributed by atoms with Gasteiger partial charge in [-0.3, -0.25) is 0 Å². The quantitative estimate of drug-likeness (QED) is 0.681. The third-order valence-corrected chi connectivity index (χ3v) is 6.56. The van der Waals surface area contributed by atoms with Gasteiger partial charge in [0, 0.05) is 12.1 Å². The maximum atomic E-state index is 12.4. The van der Waals surface area contributed by atoms with E-state index >= 15 is 0 Å². The molecule has 2 aromatic rings. The van der Waals surface area contributed by atoms with E-state index in [-0.39, 0.29) is 36.2 Å². The molecule has 2 fully saturated rings. The summed E-state index contributed by atoms with van der Waals surface area (Å²) in [5.74, 6) is -0.586. The van der Waals surface area contributed by atoms with Gasteiger partial charge < -0.3 is 20.9 Å². The lowest BCUT2D eigenvalue weighted by Gasteiger charge is -2.26. The van der Waals surface area contributed by atoms with Crippen molar-refractivity contribution >= 4 is 11.9 Å². The molecule has 0 unspecified atom stereocenters. The van der Waals surface area contributed by atoms with Crippen molar-refractivity contribution in [2.75, 3.05) is 0 Å². The number of carbonyl (C=O) groups is 2. The van der Waals surface area contributed by atoms with Gasteiger partial charge in [0.25, 0.3) is 0 Å². The molecule has 2 aliphatic carbocycles. The van der Waals surface area contributed by atoms with E-state index in [1.165, 1.54) is 0 Å². The molecular weight excluding hydrogens is 404 g/mol. The van der Waals surface area contributed by atoms with Crippen molar-refractivity contribution in [1.82, 2.24) is 0 Å². The molecule has 0 saturated heterocycles. The zero-order chi connectivity index (χ0) is 22.5. The first-order valence-corrected chi connectivity index (χ1v) is 11.6. The lowest BCUT2D eigenvalue weighted by atomic mass is 9.93. The fourth-order valence-corrected chi connectivity index (χ4v) is 4.45. The minimum absolute atomic E-state index is 0.0420. The Bertz CT molecular complexity index is 832. The molecule has 2 saturated carbocycles. The SMILES string of the molecule is NC1CCC(OC(=O)c2ccc(-c3ccc(C(=O)OC4CCC(N)CC4)cc3)cc2)CC1. The van der Waals surface area contributed by atoms with E-state index < -0.39 is 0 Å². The van der Waals surface area contributed by atoms with E-state index in [9.17, 15) is 9.59 Å². The Morgan fingerprint density at radius 1 is 0.562 bits per heavy atom. The van der Waals surface area contributed by atoms with E-state index in [0.29, 0.717) is 11.1 Å². The van der Waals surface area contributed by atoms with Crippen LogP contribution in [0.3, 0.4) is 0 Å². The monoisotopic (exact) mass is 436 g/mol. The molecule has 0 heterocycles. The van der Waals surface area contributed by atoms with Crippen molar-refractivity contribution < 1.29 is 19.1 Å². The summed E-state index contributed by atoms with van der Waals surface area (Å²) >= 11 is 0. The van der Waals surface area contributed by atoms with E-state index in [1.807, 2.05) is 24.3 Å². The number of rotatable bonds is 5. The van der Waals surface area contributed by atoms with Gasteiger partial charge in [0.2, 0.25) is 0 Å². The molecule has 0 radical (unpaired) electrons. The van der Waals surface area contributed by atoms with Crippen LogP contribution >= 0.6 is 0 Å². The maximum Gasteiger partial charge on any atom is 0.338 e. The van der Waals surface area contributed by atoms with Gasteiger partial charge in [-0.25, -0.2) is 9.59 Å². The summed E-state index contributed by atoms with van der Waals surface area (Å²) in [6.07, 6.45) is 6.82. The molecule has 2 aromatic carbocycles. The largest absolute Gasteiger partial charge is 0.459 e. The molecule has 0 aromatic heterocycles. The van der Waals surface area contributed by atoms with Crippen molar-refractivity contribution in [3.63, 3.8) is 0 Å². The van der Waals surface area contributed by atoms with Crippen molar-refractivity contribution in [3.8, 4) is 11.1 Å². The molecular formula is C26H32N2O4. The number of carbonyl (C=O) groups excluding carboxylic acids is 2. The molecule has 170 valence electrons. The summed E-state index contributed by atoms with van der Waals surface area (Å²) in [6, 6.07) is 15.2. The third-order valence-electron chi connectivity index (χ3n) is 6.56. The Labute approximate surface area is 189 Å². The molecule has 0 atom stereocenters. The van der Waals surface area contributed by atoms with Crippen molar-refractivity contribution in [2.24, 2.45) is 11.5 Å². The fraction of sp³-hybridized carbons (Fsp3) is 0.462. The highest BCUT2D eigenvalue weighted by atomic mass is 16.5. The Hall–Kier alpha value is -2.70. The van der Waals surface area contributed by atoms with Crippen LogP contribution in [0.25, 0.3) is 11.1 Å². The van der Waals surface area contributed by atoms with Crippen molar-refractivity contribution in [1.29, 1.82) is 0 Å². The standard InChI is InChI=1S/C26H32N2O4/c27-21-9-13-23(14-10-21)31-25(29)19-5-1-17(2-6-19)18-3-7-20(8-4-18)26(30)32-24-15-11-22(28)12-16-24/h1-8,21-24H,9-16,27-28H2. The van der Waals surface area contributed by atoms with Gasteiger partial charge in [0.15, 0.2) is 0 Å². The number of hydrogen-bond donors (Lipinski definition) is 2.